The summed E-state index contributed by atoms with van der Waals surface area (Å²) in [5, 5.41) is 12.5. The molecule has 2 heterocycles. The first kappa shape index (κ1) is 12.7. The third-order valence-corrected chi connectivity index (χ3v) is 4.72. The zero-order chi connectivity index (χ0) is 13.4. The summed E-state index contributed by atoms with van der Waals surface area (Å²) in [6, 6.07) is 8.44. The summed E-state index contributed by atoms with van der Waals surface area (Å²) in [6.07, 6.45) is 1.81. The zero-order valence-electron chi connectivity index (χ0n) is 11.4. The van der Waals surface area contributed by atoms with E-state index < -0.39 is 6.10 Å². The first-order valence-electron chi connectivity index (χ1n) is 6.72. The van der Waals surface area contributed by atoms with Crippen molar-refractivity contribution in [1.29, 1.82) is 0 Å². The molecule has 0 aliphatic carbocycles. The molecule has 1 aromatic carbocycles. The highest BCUT2D eigenvalue weighted by Gasteiger charge is 2.17. The maximum Gasteiger partial charge on any atom is 0.105 e. The molecule has 19 heavy (non-hydrogen) atoms. The Balaban J connectivity index is 1.93. The first-order chi connectivity index (χ1) is 9.15. The van der Waals surface area contributed by atoms with Crippen LogP contribution < -0.4 is 4.90 Å². The molecule has 3 rings (SSSR count). The normalized spacial score (nSPS) is 16.3. The second-order valence-electron chi connectivity index (χ2n) is 5.31. The van der Waals surface area contributed by atoms with Gasteiger partial charge < -0.3 is 10.0 Å². The predicted octanol–water partition coefficient (Wildman–Crippen LogP) is 3.52. The number of fused-ring (bicyclic) bond motifs is 1. The fourth-order valence-corrected chi connectivity index (χ4v) is 3.50. The van der Waals surface area contributed by atoms with E-state index in [9.17, 15) is 5.11 Å². The minimum Gasteiger partial charge on any atom is -0.384 e. The van der Waals surface area contributed by atoms with Crippen LogP contribution in [0.15, 0.2) is 29.6 Å². The van der Waals surface area contributed by atoms with Gasteiger partial charge in [-0.25, -0.2) is 0 Å². The molecule has 1 atom stereocenters. The van der Waals surface area contributed by atoms with E-state index in [4.69, 9.17) is 0 Å². The lowest BCUT2D eigenvalue weighted by Crippen LogP contribution is -2.24. The molecule has 100 valence electrons. The number of anilines is 1. The Hall–Kier alpha value is -1.32. The van der Waals surface area contributed by atoms with Crippen molar-refractivity contribution in [2.45, 2.75) is 25.9 Å². The molecule has 0 amide bonds. The molecule has 0 spiro atoms. The molecular weight excluding hydrogens is 254 g/mol. The molecular formula is C16H19NOS. The van der Waals surface area contributed by atoms with Gasteiger partial charge >= 0.3 is 0 Å². The molecule has 2 aromatic rings. The minimum absolute atomic E-state index is 0.498. The average molecular weight is 273 g/mol. The molecule has 1 N–H and O–H groups in total. The van der Waals surface area contributed by atoms with Crippen LogP contribution in [0.25, 0.3) is 0 Å². The van der Waals surface area contributed by atoms with Crippen LogP contribution in [0.3, 0.4) is 0 Å². The zero-order valence-corrected chi connectivity index (χ0v) is 12.2. The third-order valence-electron chi connectivity index (χ3n) is 3.84. The topological polar surface area (TPSA) is 23.5 Å². The van der Waals surface area contributed by atoms with Crippen LogP contribution in [0.4, 0.5) is 5.69 Å². The van der Waals surface area contributed by atoms with Gasteiger partial charge in [-0.3, -0.25) is 0 Å². The van der Waals surface area contributed by atoms with E-state index in [0.717, 1.165) is 24.1 Å². The highest BCUT2D eigenvalue weighted by atomic mass is 32.1. The lowest BCUT2D eigenvalue weighted by atomic mass is 9.96. The Kier molecular flexibility index (Phi) is 3.33. The van der Waals surface area contributed by atoms with Crippen LogP contribution >= 0.6 is 11.3 Å². The van der Waals surface area contributed by atoms with Gasteiger partial charge in [-0.15, -0.1) is 11.3 Å². The van der Waals surface area contributed by atoms with Crippen molar-refractivity contribution in [3.8, 4) is 0 Å². The van der Waals surface area contributed by atoms with Crippen molar-refractivity contribution >= 4 is 17.0 Å². The summed E-state index contributed by atoms with van der Waals surface area (Å²) < 4.78 is 0. The molecule has 0 fully saturated rings. The van der Waals surface area contributed by atoms with E-state index in [1.54, 1.807) is 11.3 Å². The SMILES string of the molecule is Cc1cc(C(O)c2ccc3c(c2)CCCN3C)cs1. The molecule has 1 aliphatic heterocycles. The van der Waals surface area contributed by atoms with Crippen LogP contribution in [-0.4, -0.2) is 18.7 Å². The molecule has 3 heteroatoms. The van der Waals surface area contributed by atoms with E-state index in [1.807, 2.05) is 5.38 Å². The summed E-state index contributed by atoms with van der Waals surface area (Å²) >= 11 is 1.69. The lowest BCUT2D eigenvalue weighted by Gasteiger charge is -2.28. The monoisotopic (exact) mass is 273 g/mol. The van der Waals surface area contributed by atoms with Gasteiger partial charge in [-0.2, -0.15) is 0 Å². The number of thiophene rings is 1. The maximum absolute atomic E-state index is 10.5. The second kappa shape index (κ2) is 4.99. The summed E-state index contributed by atoms with van der Waals surface area (Å²) in [5.41, 5.74) is 4.68. The second-order valence-corrected chi connectivity index (χ2v) is 6.42. The predicted molar refractivity (Wildman–Crippen MR) is 81.2 cm³/mol. The van der Waals surface area contributed by atoms with Gasteiger partial charge in [0, 0.05) is 24.2 Å². The van der Waals surface area contributed by atoms with E-state index in [-0.39, 0.29) is 0 Å². The van der Waals surface area contributed by atoms with Gasteiger partial charge in [0.25, 0.3) is 0 Å². The fraction of sp³-hybridized carbons (Fsp3) is 0.375. The van der Waals surface area contributed by atoms with Crippen LogP contribution in [0.1, 0.15) is 34.1 Å². The number of hydrogen-bond acceptors (Lipinski definition) is 3. The van der Waals surface area contributed by atoms with E-state index in [2.05, 4.69) is 43.1 Å². The minimum atomic E-state index is -0.498. The Morgan fingerprint density at radius 3 is 2.84 bits per heavy atom. The van der Waals surface area contributed by atoms with Crippen molar-refractivity contribution < 1.29 is 5.11 Å². The molecule has 2 nitrogen and oxygen atoms in total. The van der Waals surface area contributed by atoms with Crippen molar-refractivity contribution in [2.75, 3.05) is 18.5 Å². The smallest absolute Gasteiger partial charge is 0.105 e. The van der Waals surface area contributed by atoms with Gasteiger partial charge in [0.15, 0.2) is 0 Å². The largest absolute Gasteiger partial charge is 0.384 e. The molecule has 0 saturated heterocycles. The molecule has 0 radical (unpaired) electrons. The number of benzene rings is 1. The number of rotatable bonds is 2. The van der Waals surface area contributed by atoms with Crippen LogP contribution in [0, 0.1) is 6.92 Å². The van der Waals surface area contributed by atoms with E-state index >= 15 is 0 Å². The highest BCUT2D eigenvalue weighted by Crippen LogP contribution is 2.32. The molecule has 1 aliphatic rings. The van der Waals surface area contributed by atoms with Gasteiger partial charge in [0.2, 0.25) is 0 Å². The number of hydrogen-bond donors (Lipinski definition) is 1. The number of aliphatic hydroxyl groups excluding tert-OH is 1. The van der Waals surface area contributed by atoms with Crippen LogP contribution in [-0.2, 0) is 6.42 Å². The Morgan fingerprint density at radius 2 is 2.11 bits per heavy atom. The van der Waals surface area contributed by atoms with Gasteiger partial charge in [0.1, 0.15) is 6.10 Å². The van der Waals surface area contributed by atoms with Crippen molar-refractivity contribution in [2.24, 2.45) is 0 Å². The molecule has 0 saturated carbocycles. The number of nitrogens with zero attached hydrogens (tertiary/aromatic N) is 1. The van der Waals surface area contributed by atoms with Gasteiger partial charge in [-0.1, -0.05) is 12.1 Å². The van der Waals surface area contributed by atoms with E-state index in [1.165, 1.54) is 22.5 Å². The Morgan fingerprint density at radius 1 is 1.26 bits per heavy atom. The Bertz CT molecular complexity index is 590. The van der Waals surface area contributed by atoms with Crippen LogP contribution in [0.2, 0.25) is 0 Å². The highest BCUT2D eigenvalue weighted by molar-refractivity contribution is 7.10. The fourth-order valence-electron chi connectivity index (χ4n) is 2.77. The summed E-state index contributed by atoms with van der Waals surface area (Å²) in [6.45, 7) is 3.20. The van der Waals surface area contributed by atoms with Crippen molar-refractivity contribution in [3.05, 3.63) is 51.2 Å². The van der Waals surface area contributed by atoms with Crippen molar-refractivity contribution in [3.63, 3.8) is 0 Å². The lowest BCUT2D eigenvalue weighted by molar-refractivity contribution is 0.220. The first-order valence-corrected chi connectivity index (χ1v) is 7.60. The quantitative estimate of drug-likeness (QED) is 0.905. The molecule has 1 aromatic heterocycles. The molecule has 0 bridgehead atoms. The summed E-state index contributed by atoms with van der Waals surface area (Å²) in [7, 11) is 2.14. The standard InChI is InChI=1S/C16H19NOS/c1-11-8-14(10-19-11)16(18)13-5-6-15-12(9-13)4-3-7-17(15)2/h5-6,8-10,16,18H,3-4,7H2,1-2H3. The van der Waals surface area contributed by atoms with Crippen molar-refractivity contribution in [1.82, 2.24) is 0 Å². The summed E-state index contributed by atoms with van der Waals surface area (Å²) in [5.74, 6) is 0. The summed E-state index contributed by atoms with van der Waals surface area (Å²) in [4.78, 5) is 3.54. The number of aryl methyl sites for hydroxylation is 2. The third kappa shape index (κ3) is 2.40. The van der Waals surface area contributed by atoms with Gasteiger partial charge in [0.05, 0.1) is 0 Å². The number of aliphatic hydroxyl groups is 1. The van der Waals surface area contributed by atoms with E-state index in [0.29, 0.717) is 0 Å². The van der Waals surface area contributed by atoms with Gasteiger partial charge in [-0.05, 0) is 54.0 Å². The average Bonchev–Trinajstić information content (AvgIpc) is 2.84. The maximum atomic E-state index is 10.5. The molecule has 1 unspecified atom stereocenters. The Labute approximate surface area is 118 Å². The van der Waals surface area contributed by atoms with Crippen LogP contribution in [0.5, 0.6) is 0 Å².